The Bertz CT molecular complexity index is 896. The van der Waals surface area contributed by atoms with Crippen molar-refractivity contribution in [3.63, 3.8) is 0 Å². The second kappa shape index (κ2) is 7.85. The van der Waals surface area contributed by atoms with Crippen LogP contribution in [0.15, 0.2) is 35.2 Å². The van der Waals surface area contributed by atoms with E-state index in [9.17, 15) is 22.8 Å². The molecule has 3 rings (SSSR count). The van der Waals surface area contributed by atoms with Gasteiger partial charge in [-0.1, -0.05) is 30.3 Å². The molecular weight excluding hydrogens is 388 g/mol. The topological polar surface area (TPSA) is 91.8 Å². The first-order valence-electron chi connectivity index (χ1n) is 8.61. The van der Waals surface area contributed by atoms with Crippen molar-refractivity contribution >= 4 is 44.7 Å². The molecule has 2 heterocycles. The average Bonchev–Trinajstić information content (AvgIpc) is 3.10. The lowest BCUT2D eigenvalue weighted by atomic mass is 10.2. The zero-order valence-electron chi connectivity index (χ0n) is 14.8. The molecule has 2 fully saturated rings. The van der Waals surface area contributed by atoms with Crippen LogP contribution in [0.25, 0.3) is 6.08 Å². The number of carbonyl (C=O) groups is 3. The van der Waals surface area contributed by atoms with Crippen LogP contribution in [-0.2, 0) is 19.4 Å². The quantitative estimate of drug-likeness (QED) is 0.690. The summed E-state index contributed by atoms with van der Waals surface area (Å²) in [6, 6.07) is 8.75. The molecule has 0 aliphatic carbocycles. The summed E-state index contributed by atoms with van der Waals surface area (Å²) < 4.78 is 23.4. The Kier molecular flexibility index (Phi) is 5.71. The van der Waals surface area contributed by atoms with Crippen molar-refractivity contribution in [3.05, 3.63) is 40.8 Å². The van der Waals surface area contributed by atoms with Crippen LogP contribution in [0.1, 0.15) is 18.9 Å². The third-order valence-corrected chi connectivity index (χ3v) is 7.23. The molecule has 0 radical (unpaired) electrons. The average molecular weight is 409 g/mol. The third-order valence-electron chi connectivity index (χ3n) is 4.57. The highest BCUT2D eigenvalue weighted by molar-refractivity contribution is 8.18. The van der Waals surface area contributed by atoms with Gasteiger partial charge in [0.05, 0.1) is 16.4 Å². The van der Waals surface area contributed by atoms with E-state index in [0.717, 1.165) is 22.2 Å². The smallest absolute Gasteiger partial charge is 0.294 e. The van der Waals surface area contributed by atoms with Crippen LogP contribution in [-0.4, -0.2) is 65.9 Å². The molecule has 0 spiro atoms. The normalized spacial score (nSPS) is 23.2. The van der Waals surface area contributed by atoms with Gasteiger partial charge in [0, 0.05) is 12.6 Å². The summed E-state index contributed by atoms with van der Waals surface area (Å²) in [5.74, 6) is -0.925. The highest BCUT2D eigenvalue weighted by Crippen LogP contribution is 2.32. The lowest BCUT2D eigenvalue weighted by molar-refractivity contribution is -0.137. The SMILES string of the molecule is CCN(C(=O)CN1C(=O)SC(=Cc2ccccc2)C1=O)C1CCS(=O)(=O)C1. The lowest BCUT2D eigenvalue weighted by Crippen LogP contribution is -2.47. The minimum absolute atomic E-state index is 0.0584. The van der Waals surface area contributed by atoms with Crippen molar-refractivity contribution < 1.29 is 22.8 Å². The Morgan fingerprint density at radius 2 is 2.00 bits per heavy atom. The molecule has 1 aromatic rings. The van der Waals surface area contributed by atoms with Crippen LogP contribution >= 0.6 is 11.8 Å². The summed E-state index contributed by atoms with van der Waals surface area (Å²) in [5.41, 5.74) is 0.792. The number of benzene rings is 1. The maximum atomic E-state index is 12.6. The maximum absolute atomic E-state index is 12.6. The van der Waals surface area contributed by atoms with Gasteiger partial charge in [0.25, 0.3) is 11.1 Å². The first-order valence-corrected chi connectivity index (χ1v) is 11.2. The number of thioether (sulfide) groups is 1. The molecule has 0 saturated carbocycles. The fourth-order valence-electron chi connectivity index (χ4n) is 3.22. The number of hydrogen-bond donors (Lipinski definition) is 0. The maximum Gasteiger partial charge on any atom is 0.294 e. The van der Waals surface area contributed by atoms with Crippen molar-refractivity contribution in [1.82, 2.24) is 9.80 Å². The van der Waals surface area contributed by atoms with Gasteiger partial charge in [-0.15, -0.1) is 0 Å². The highest BCUT2D eigenvalue weighted by atomic mass is 32.2. The van der Waals surface area contributed by atoms with Crippen LogP contribution in [0.4, 0.5) is 4.79 Å². The summed E-state index contributed by atoms with van der Waals surface area (Å²) in [6.45, 7) is 1.71. The van der Waals surface area contributed by atoms with Gasteiger partial charge in [0.1, 0.15) is 6.54 Å². The lowest BCUT2D eigenvalue weighted by Gasteiger charge is -2.28. The van der Waals surface area contributed by atoms with Crippen LogP contribution < -0.4 is 0 Å². The predicted molar refractivity (Wildman–Crippen MR) is 104 cm³/mol. The van der Waals surface area contributed by atoms with Gasteiger partial charge in [-0.25, -0.2) is 8.42 Å². The molecule has 2 saturated heterocycles. The van der Waals surface area contributed by atoms with Crippen LogP contribution in [0, 0.1) is 0 Å². The van der Waals surface area contributed by atoms with E-state index in [-0.39, 0.29) is 23.0 Å². The van der Waals surface area contributed by atoms with E-state index in [4.69, 9.17) is 0 Å². The minimum atomic E-state index is -3.13. The molecule has 1 aromatic carbocycles. The van der Waals surface area contributed by atoms with Gasteiger partial charge >= 0.3 is 0 Å². The fraction of sp³-hybridized carbons (Fsp3) is 0.389. The highest BCUT2D eigenvalue weighted by Gasteiger charge is 2.39. The van der Waals surface area contributed by atoms with E-state index >= 15 is 0 Å². The van der Waals surface area contributed by atoms with E-state index in [1.54, 1.807) is 13.0 Å². The molecular formula is C18H20N2O5S2. The second-order valence-corrected chi connectivity index (χ2v) is 9.64. The zero-order chi connectivity index (χ0) is 19.6. The second-order valence-electron chi connectivity index (χ2n) is 6.42. The van der Waals surface area contributed by atoms with E-state index in [0.29, 0.717) is 13.0 Å². The number of rotatable bonds is 5. The summed E-state index contributed by atoms with van der Waals surface area (Å²) >= 11 is 0.802. The summed E-state index contributed by atoms with van der Waals surface area (Å²) in [6.07, 6.45) is 2.01. The molecule has 1 atom stereocenters. The Balaban J connectivity index is 1.71. The van der Waals surface area contributed by atoms with Crippen molar-refractivity contribution in [1.29, 1.82) is 0 Å². The van der Waals surface area contributed by atoms with E-state index in [1.807, 2.05) is 30.3 Å². The number of sulfone groups is 1. The summed E-state index contributed by atoms with van der Waals surface area (Å²) in [7, 11) is -3.13. The molecule has 27 heavy (non-hydrogen) atoms. The van der Waals surface area contributed by atoms with Gasteiger partial charge in [-0.3, -0.25) is 19.3 Å². The van der Waals surface area contributed by atoms with Crippen molar-refractivity contribution in [2.75, 3.05) is 24.6 Å². The largest absolute Gasteiger partial charge is 0.337 e. The van der Waals surface area contributed by atoms with Gasteiger partial charge in [0.15, 0.2) is 9.84 Å². The first-order chi connectivity index (χ1) is 12.8. The van der Waals surface area contributed by atoms with E-state index in [1.165, 1.54) is 4.90 Å². The third kappa shape index (κ3) is 4.41. The molecule has 0 bridgehead atoms. The molecule has 3 amide bonds. The Morgan fingerprint density at radius 3 is 2.59 bits per heavy atom. The van der Waals surface area contributed by atoms with Crippen molar-refractivity contribution in [2.45, 2.75) is 19.4 Å². The van der Waals surface area contributed by atoms with Crippen LogP contribution in [0.5, 0.6) is 0 Å². The van der Waals surface area contributed by atoms with Gasteiger partial charge in [0.2, 0.25) is 5.91 Å². The Morgan fingerprint density at radius 1 is 1.30 bits per heavy atom. The molecule has 1 unspecified atom stereocenters. The standard InChI is InChI=1S/C18H20N2O5S2/c1-2-19(14-8-9-27(24,25)12-14)16(21)11-20-17(22)15(26-18(20)23)10-13-6-4-3-5-7-13/h3-7,10,14H,2,8-9,11-12H2,1H3. The monoisotopic (exact) mass is 408 g/mol. The van der Waals surface area contributed by atoms with Gasteiger partial charge in [-0.05, 0) is 36.7 Å². The number of nitrogens with zero attached hydrogens (tertiary/aromatic N) is 2. The molecule has 0 N–H and O–H groups in total. The molecule has 9 heteroatoms. The number of amides is 3. The van der Waals surface area contributed by atoms with Crippen molar-refractivity contribution in [2.24, 2.45) is 0 Å². The predicted octanol–water partition coefficient (Wildman–Crippen LogP) is 1.76. The first kappa shape index (κ1) is 19.6. The van der Waals surface area contributed by atoms with E-state index < -0.39 is 32.9 Å². The molecule has 144 valence electrons. The molecule has 2 aliphatic rings. The van der Waals surface area contributed by atoms with Crippen LogP contribution in [0.3, 0.4) is 0 Å². The minimum Gasteiger partial charge on any atom is -0.337 e. The Labute approximate surface area is 162 Å². The fourth-order valence-corrected chi connectivity index (χ4v) is 5.79. The number of imide groups is 1. The van der Waals surface area contributed by atoms with Crippen molar-refractivity contribution in [3.8, 4) is 0 Å². The molecule has 0 aromatic heterocycles. The van der Waals surface area contributed by atoms with E-state index in [2.05, 4.69) is 0 Å². The van der Waals surface area contributed by atoms with Gasteiger partial charge in [-0.2, -0.15) is 0 Å². The number of likely N-dealkylation sites (N-methyl/N-ethyl adjacent to an activating group) is 1. The van der Waals surface area contributed by atoms with Crippen LogP contribution in [0.2, 0.25) is 0 Å². The zero-order valence-corrected chi connectivity index (χ0v) is 16.5. The number of carbonyl (C=O) groups excluding carboxylic acids is 3. The van der Waals surface area contributed by atoms with Gasteiger partial charge < -0.3 is 4.90 Å². The Hall–Kier alpha value is -2.13. The number of hydrogen-bond acceptors (Lipinski definition) is 6. The molecule has 2 aliphatic heterocycles. The summed E-state index contributed by atoms with van der Waals surface area (Å²) in [4.78, 5) is 40.0. The summed E-state index contributed by atoms with van der Waals surface area (Å²) in [5, 5.41) is -0.495. The molecule has 7 nitrogen and oxygen atoms in total.